The van der Waals surface area contributed by atoms with Gasteiger partial charge in [-0.3, -0.25) is 0 Å². The minimum absolute atomic E-state index is 0.262. The van der Waals surface area contributed by atoms with Gasteiger partial charge in [-0.25, -0.2) is 4.39 Å². The molecule has 1 nitrogen and oxygen atoms in total. The van der Waals surface area contributed by atoms with E-state index in [9.17, 15) is 4.39 Å². The van der Waals surface area contributed by atoms with Gasteiger partial charge in [-0.1, -0.05) is 11.6 Å². The molecule has 0 saturated heterocycles. The minimum Gasteiger partial charge on any atom is -0.358 e. The van der Waals surface area contributed by atoms with E-state index in [1.54, 1.807) is 12.3 Å². The van der Waals surface area contributed by atoms with Gasteiger partial charge in [0.15, 0.2) is 0 Å². The van der Waals surface area contributed by atoms with Crippen molar-refractivity contribution >= 4 is 22.5 Å². The van der Waals surface area contributed by atoms with Crippen molar-refractivity contribution < 1.29 is 4.39 Å². The number of hydrogen-bond donors (Lipinski definition) is 1. The highest BCUT2D eigenvalue weighted by Gasteiger charge is 2.07. The Hall–Kier alpha value is -1.02. The van der Waals surface area contributed by atoms with Crippen molar-refractivity contribution in [3.05, 3.63) is 34.7 Å². The van der Waals surface area contributed by atoms with Crippen LogP contribution < -0.4 is 0 Å². The first kappa shape index (κ1) is 7.62. The molecule has 0 saturated carbocycles. The zero-order valence-electron chi connectivity index (χ0n) is 6.49. The van der Waals surface area contributed by atoms with Crippen molar-refractivity contribution in [1.82, 2.24) is 4.98 Å². The number of nitrogens with one attached hydrogen (secondary N) is 1. The molecular weight excluding hydrogens is 177 g/mol. The molecule has 2 aromatic rings. The fourth-order valence-electron chi connectivity index (χ4n) is 1.33. The van der Waals surface area contributed by atoms with Crippen LogP contribution in [-0.4, -0.2) is 4.98 Å². The molecule has 1 aromatic heterocycles. The van der Waals surface area contributed by atoms with Crippen molar-refractivity contribution in [1.29, 1.82) is 0 Å². The molecule has 0 amide bonds. The minimum atomic E-state index is -0.262. The Morgan fingerprint density at radius 2 is 2.17 bits per heavy atom. The predicted molar refractivity (Wildman–Crippen MR) is 48.0 cm³/mol. The lowest BCUT2D eigenvalue weighted by Gasteiger charge is -1.95. The topological polar surface area (TPSA) is 15.8 Å². The average Bonchev–Trinajstić information content (AvgIpc) is 2.42. The number of aromatic nitrogens is 1. The van der Waals surface area contributed by atoms with Crippen molar-refractivity contribution in [2.24, 2.45) is 0 Å². The van der Waals surface area contributed by atoms with Gasteiger partial charge in [-0.2, -0.15) is 0 Å². The number of aryl methyl sites for hydroxylation is 1. The van der Waals surface area contributed by atoms with Crippen LogP contribution in [0.15, 0.2) is 18.3 Å². The summed E-state index contributed by atoms with van der Waals surface area (Å²) in [6.07, 6.45) is 1.75. The Labute approximate surface area is 74.2 Å². The smallest absolute Gasteiger partial charge is 0.147 e. The van der Waals surface area contributed by atoms with Crippen LogP contribution in [0.2, 0.25) is 5.02 Å². The SMILES string of the molecule is Cc1c[nH]c2c(F)ccc(Cl)c12. The molecule has 12 heavy (non-hydrogen) atoms. The number of benzene rings is 1. The molecule has 0 aliphatic rings. The molecule has 1 N–H and O–H groups in total. The summed E-state index contributed by atoms with van der Waals surface area (Å²) in [5.74, 6) is -0.262. The maximum absolute atomic E-state index is 13.1. The van der Waals surface area contributed by atoms with Gasteiger partial charge >= 0.3 is 0 Å². The Morgan fingerprint density at radius 3 is 2.83 bits per heavy atom. The molecule has 0 bridgehead atoms. The molecule has 0 aliphatic heterocycles. The van der Waals surface area contributed by atoms with E-state index in [0.29, 0.717) is 10.5 Å². The fourth-order valence-corrected chi connectivity index (χ4v) is 1.64. The lowest BCUT2D eigenvalue weighted by Crippen LogP contribution is -1.78. The van der Waals surface area contributed by atoms with Crippen molar-refractivity contribution in [2.45, 2.75) is 6.92 Å². The third-order valence-electron chi connectivity index (χ3n) is 1.93. The van der Waals surface area contributed by atoms with Crippen LogP contribution in [0, 0.1) is 12.7 Å². The highest BCUT2D eigenvalue weighted by atomic mass is 35.5. The zero-order chi connectivity index (χ0) is 8.72. The molecule has 3 heteroatoms. The van der Waals surface area contributed by atoms with Crippen molar-refractivity contribution in [3.8, 4) is 0 Å². The summed E-state index contributed by atoms with van der Waals surface area (Å²) in [5, 5.41) is 1.36. The van der Waals surface area contributed by atoms with Gasteiger partial charge in [0.1, 0.15) is 5.82 Å². The third kappa shape index (κ3) is 0.916. The molecule has 0 spiro atoms. The average molecular weight is 184 g/mol. The fraction of sp³-hybridized carbons (Fsp3) is 0.111. The van der Waals surface area contributed by atoms with E-state index in [1.807, 2.05) is 6.92 Å². The molecular formula is C9H7ClFN. The Balaban J connectivity index is 2.98. The van der Waals surface area contributed by atoms with E-state index >= 15 is 0 Å². The van der Waals surface area contributed by atoms with Crippen LogP contribution in [-0.2, 0) is 0 Å². The third-order valence-corrected chi connectivity index (χ3v) is 2.25. The molecule has 1 aromatic carbocycles. The molecule has 0 aliphatic carbocycles. The van der Waals surface area contributed by atoms with Crippen molar-refractivity contribution in [3.63, 3.8) is 0 Å². The van der Waals surface area contributed by atoms with E-state index in [2.05, 4.69) is 4.98 Å². The van der Waals surface area contributed by atoms with Crippen LogP contribution in [0.25, 0.3) is 10.9 Å². The number of fused-ring (bicyclic) bond motifs is 1. The zero-order valence-corrected chi connectivity index (χ0v) is 7.24. The summed E-state index contributed by atoms with van der Waals surface area (Å²) >= 11 is 5.89. The van der Waals surface area contributed by atoms with Gasteiger partial charge < -0.3 is 4.98 Å². The molecule has 0 atom stereocenters. The Kier molecular flexibility index (Phi) is 1.58. The van der Waals surface area contributed by atoms with Gasteiger partial charge in [0, 0.05) is 11.6 Å². The van der Waals surface area contributed by atoms with E-state index in [0.717, 1.165) is 10.9 Å². The summed E-state index contributed by atoms with van der Waals surface area (Å²) in [4.78, 5) is 2.84. The molecule has 62 valence electrons. The number of halogens is 2. The summed E-state index contributed by atoms with van der Waals surface area (Å²) in [6, 6.07) is 2.93. The molecule has 1 heterocycles. The maximum atomic E-state index is 13.1. The molecule has 0 unspecified atom stereocenters. The highest BCUT2D eigenvalue weighted by molar-refractivity contribution is 6.35. The van der Waals surface area contributed by atoms with Crippen LogP contribution in [0.4, 0.5) is 4.39 Å². The second kappa shape index (κ2) is 2.49. The number of H-pyrrole nitrogens is 1. The van der Waals surface area contributed by atoms with E-state index < -0.39 is 0 Å². The van der Waals surface area contributed by atoms with E-state index in [-0.39, 0.29) is 5.82 Å². The second-order valence-corrected chi connectivity index (χ2v) is 3.16. The summed E-state index contributed by atoms with van der Waals surface area (Å²) < 4.78 is 13.1. The van der Waals surface area contributed by atoms with Gasteiger partial charge in [0.05, 0.1) is 10.5 Å². The monoisotopic (exact) mass is 183 g/mol. The number of hydrogen-bond acceptors (Lipinski definition) is 0. The number of rotatable bonds is 0. The molecule has 2 rings (SSSR count). The summed E-state index contributed by atoms with van der Waals surface area (Å²) in [5.41, 5.74) is 1.45. The maximum Gasteiger partial charge on any atom is 0.147 e. The number of aromatic amines is 1. The van der Waals surface area contributed by atoms with Crippen LogP contribution >= 0.6 is 11.6 Å². The van der Waals surface area contributed by atoms with Gasteiger partial charge in [0.25, 0.3) is 0 Å². The first-order valence-electron chi connectivity index (χ1n) is 3.62. The van der Waals surface area contributed by atoms with Gasteiger partial charge in [0.2, 0.25) is 0 Å². The Morgan fingerprint density at radius 1 is 1.42 bits per heavy atom. The standard InChI is InChI=1S/C9H7ClFN/c1-5-4-12-9-7(11)3-2-6(10)8(5)9/h2-4,12H,1H3. The quantitative estimate of drug-likeness (QED) is 0.645. The van der Waals surface area contributed by atoms with Gasteiger partial charge in [-0.15, -0.1) is 0 Å². The summed E-state index contributed by atoms with van der Waals surface area (Å²) in [6.45, 7) is 1.89. The normalized spacial score (nSPS) is 10.9. The van der Waals surface area contributed by atoms with Crippen LogP contribution in [0.5, 0.6) is 0 Å². The van der Waals surface area contributed by atoms with Crippen LogP contribution in [0.1, 0.15) is 5.56 Å². The van der Waals surface area contributed by atoms with Gasteiger partial charge in [-0.05, 0) is 24.6 Å². The molecule has 0 fully saturated rings. The first-order chi connectivity index (χ1) is 5.70. The predicted octanol–water partition coefficient (Wildman–Crippen LogP) is 3.27. The second-order valence-electron chi connectivity index (χ2n) is 2.75. The lowest BCUT2D eigenvalue weighted by molar-refractivity contribution is 0.637. The first-order valence-corrected chi connectivity index (χ1v) is 3.99. The largest absolute Gasteiger partial charge is 0.358 e. The van der Waals surface area contributed by atoms with E-state index in [4.69, 9.17) is 11.6 Å². The Bertz CT molecular complexity index is 433. The van der Waals surface area contributed by atoms with E-state index in [1.165, 1.54) is 6.07 Å². The van der Waals surface area contributed by atoms with Crippen molar-refractivity contribution in [2.75, 3.05) is 0 Å². The lowest BCUT2D eigenvalue weighted by atomic mass is 10.2. The molecule has 0 radical (unpaired) electrons. The summed E-state index contributed by atoms with van der Waals surface area (Å²) in [7, 11) is 0. The van der Waals surface area contributed by atoms with Crippen LogP contribution in [0.3, 0.4) is 0 Å². The highest BCUT2D eigenvalue weighted by Crippen LogP contribution is 2.27.